The van der Waals surface area contributed by atoms with E-state index < -0.39 is 6.10 Å². The van der Waals surface area contributed by atoms with E-state index in [-0.39, 0.29) is 5.91 Å². The second kappa shape index (κ2) is 7.12. The topological polar surface area (TPSA) is 38.3 Å². The monoisotopic (exact) mass is 297 g/mol. The zero-order valence-electron chi connectivity index (χ0n) is 13.6. The molecule has 2 aromatic carbocycles. The normalized spacial score (nSPS) is 11.8. The van der Waals surface area contributed by atoms with E-state index >= 15 is 0 Å². The van der Waals surface area contributed by atoms with Crippen molar-refractivity contribution in [2.45, 2.75) is 40.3 Å². The maximum Gasteiger partial charge on any atom is 0.261 e. The fraction of sp³-hybridized carbons (Fsp3) is 0.316. The summed E-state index contributed by atoms with van der Waals surface area (Å²) in [6.45, 7) is 8.41. The zero-order chi connectivity index (χ0) is 16.1. The maximum absolute atomic E-state index is 12.1. The van der Waals surface area contributed by atoms with E-state index in [0.717, 1.165) is 16.9 Å². The molecule has 0 aliphatic rings. The second-order valence-electron chi connectivity index (χ2n) is 5.71. The van der Waals surface area contributed by atoms with Gasteiger partial charge in [0.1, 0.15) is 5.75 Å². The van der Waals surface area contributed by atoms with Crippen LogP contribution in [0.3, 0.4) is 0 Å². The lowest BCUT2D eigenvalue weighted by atomic mass is 10.1. The van der Waals surface area contributed by atoms with Gasteiger partial charge in [0, 0.05) is 6.54 Å². The van der Waals surface area contributed by atoms with Gasteiger partial charge in [-0.3, -0.25) is 4.79 Å². The van der Waals surface area contributed by atoms with Crippen LogP contribution >= 0.6 is 0 Å². The van der Waals surface area contributed by atoms with Crippen LogP contribution in [-0.2, 0) is 11.3 Å². The van der Waals surface area contributed by atoms with Crippen molar-refractivity contribution >= 4 is 5.91 Å². The number of benzene rings is 2. The average molecular weight is 297 g/mol. The van der Waals surface area contributed by atoms with Gasteiger partial charge in [-0.25, -0.2) is 0 Å². The molecule has 116 valence electrons. The van der Waals surface area contributed by atoms with E-state index in [1.165, 1.54) is 11.1 Å². The quantitative estimate of drug-likeness (QED) is 0.914. The van der Waals surface area contributed by atoms with Gasteiger partial charge in [-0.1, -0.05) is 35.9 Å². The van der Waals surface area contributed by atoms with Gasteiger partial charge in [-0.2, -0.15) is 0 Å². The average Bonchev–Trinajstić information content (AvgIpc) is 2.50. The number of hydrogen-bond donors (Lipinski definition) is 1. The molecule has 0 radical (unpaired) electrons. The molecule has 0 aliphatic heterocycles. The summed E-state index contributed by atoms with van der Waals surface area (Å²) in [6, 6.07) is 14.0. The number of nitrogens with one attached hydrogen (secondary N) is 1. The van der Waals surface area contributed by atoms with E-state index in [4.69, 9.17) is 4.74 Å². The molecular weight excluding hydrogens is 274 g/mol. The van der Waals surface area contributed by atoms with Gasteiger partial charge in [-0.05, 0) is 56.5 Å². The standard InChI is InChI=1S/C19H23NO2/c1-13-5-8-17(9-6-13)12-20-19(21)16(4)22-18-10-7-14(2)15(3)11-18/h5-11,16H,12H2,1-4H3,(H,20,21). The van der Waals surface area contributed by atoms with E-state index in [2.05, 4.69) is 12.2 Å². The summed E-state index contributed by atoms with van der Waals surface area (Å²) in [4.78, 5) is 12.1. The molecule has 1 N–H and O–H groups in total. The first-order chi connectivity index (χ1) is 10.5. The SMILES string of the molecule is Cc1ccc(CNC(=O)C(C)Oc2ccc(C)c(C)c2)cc1. The Kier molecular flexibility index (Phi) is 5.21. The molecule has 22 heavy (non-hydrogen) atoms. The third kappa shape index (κ3) is 4.35. The number of amides is 1. The maximum atomic E-state index is 12.1. The number of rotatable bonds is 5. The summed E-state index contributed by atoms with van der Waals surface area (Å²) in [5, 5.41) is 2.90. The Morgan fingerprint density at radius 2 is 1.73 bits per heavy atom. The highest BCUT2D eigenvalue weighted by Crippen LogP contribution is 2.17. The molecule has 0 aromatic heterocycles. The van der Waals surface area contributed by atoms with Crippen molar-refractivity contribution in [2.24, 2.45) is 0 Å². The van der Waals surface area contributed by atoms with Crippen LogP contribution in [0.2, 0.25) is 0 Å². The van der Waals surface area contributed by atoms with Gasteiger partial charge >= 0.3 is 0 Å². The summed E-state index contributed by atoms with van der Waals surface area (Å²) in [5.74, 6) is 0.611. The zero-order valence-corrected chi connectivity index (χ0v) is 13.6. The van der Waals surface area contributed by atoms with Gasteiger partial charge in [0.15, 0.2) is 6.10 Å². The number of hydrogen-bond acceptors (Lipinski definition) is 2. The minimum atomic E-state index is -0.521. The summed E-state index contributed by atoms with van der Waals surface area (Å²) in [5.41, 5.74) is 4.66. The Labute approximate surface area is 132 Å². The molecule has 0 saturated heterocycles. The van der Waals surface area contributed by atoms with E-state index in [9.17, 15) is 4.79 Å². The lowest BCUT2D eigenvalue weighted by molar-refractivity contribution is -0.127. The smallest absolute Gasteiger partial charge is 0.261 e. The van der Waals surface area contributed by atoms with Crippen LogP contribution in [0, 0.1) is 20.8 Å². The van der Waals surface area contributed by atoms with Crippen molar-refractivity contribution in [3.63, 3.8) is 0 Å². The van der Waals surface area contributed by atoms with Crippen LogP contribution in [0.25, 0.3) is 0 Å². The van der Waals surface area contributed by atoms with Gasteiger partial charge in [0.25, 0.3) is 5.91 Å². The van der Waals surface area contributed by atoms with E-state index in [1.54, 1.807) is 6.92 Å². The Morgan fingerprint density at radius 3 is 2.36 bits per heavy atom. The van der Waals surface area contributed by atoms with Gasteiger partial charge in [0.05, 0.1) is 0 Å². The third-order valence-corrected chi connectivity index (χ3v) is 3.75. The minimum Gasteiger partial charge on any atom is -0.481 e. The first-order valence-electron chi connectivity index (χ1n) is 7.53. The van der Waals surface area contributed by atoms with Crippen molar-refractivity contribution in [3.8, 4) is 5.75 Å². The lowest BCUT2D eigenvalue weighted by Gasteiger charge is -2.15. The molecule has 1 amide bonds. The van der Waals surface area contributed by atoms with Crippen molar-refractivity contribution in [2.75, 3.05) is 0 Å². The predicted octanol–water partition coefficient (Wildman–Crippen LogP) is 3.70. The lowest BCUT2D eigenvalue weighted by Crippen LogP contribution is -2.35. The van der Waals surface area contributed by atoms with Crippen LogP contribution in [0.15, 0.2) is 42.5 Å². The molecule has 0 fully saturated rings. The van der Waals surface area contributed by atoms with Crippen LogP contribution in [0.4, 0.5) is 0 Å². The molecule has 1 atom stereocenters. The molecule has 2 aromatic rings. The molecule has 3 nitrogen and oxygen atoms in total. The largest absolute Gasteiger partial charge is 0.481 e. The minimum absolute atomic E-state index is 0.112. The molecule has 0 heterocycles. The Morgan fingerprint density at radius 1 is 1.05 bits per heavy atom. The van der Waals surface area contributed by atoms with Gasteiger partial charge in [-0.15, -0.1) is 0 Å². The fourth-order valence-corrected chi connectivity index (χ4v) is 2.08. The van der Waals surface area contributed by atoms with E-state index in [0.29, 0.717) is 6.54 Å². The molecule has 0 aliphatic carbocycles. The van der Waals surface area contributed by atoms with Gasteiger partial charge < -0.3 is 10.1 Å². The Hall–Kier alpha value is -2.29. The van der Waals surface area contributed by atoms with Crippen molar-refractivity contribution in [1.82, 2.24) is 5.32 Å². The number of carbonyl (C=O) groups is 1. The van der Waals surface area contributed by atoms with Crippen molar-refractivity contribution in [1.29, 1.82) is 0 Å². The van der Waals surface area contributed by atoms with E-state index in [1.807, 2.05) is 56.3 Å². The molecular formula is C19H23NO2. The van der Waals surface area contributed by atoms with Crippen LogP contribution in [-0.4, -0.2) is 12.0 Å². The van der Waals surface area contributed by atoms with Crippen molar-refractivity contribution < 1.29 is 9.53 Å². The molecule has 1 unspecified atom stereocenters. The van der Waals surface area contributed by atoms with Crippen LogP contribution in [0.5, 0.6) is 5.75 Å². The highest BCUT2D eigenvalue weighted by atomic mass is 16.5. The summed E-state index contributed by atoms with van der Waals surface area (Å²) < 4.78 is 5.71. The highest BCUT2D eigenvalue weighted by Gasteiger charge is 2.14. The van der Waals surface area contributed by atoms with Gasteiger partial charge in [0.2, 0.25) is 0 Å². The predicted molar refractivity (Wildman–Crippen MR) is 89.0 cm³/mol. The first-order valence-corrected chi connectivity index (χ1v) is 7.53. The number of aryl methyl sites for hydroxylation is 3. The molecule has 3 heteroatoms. The van der Waals surface area contributed by atoms with Crippen LogP contribution < -0.4 is 10.1 Å². The first kappa shape index (κ1) is 16.1. The highest BCUT2D eigenvalue weighted by molar-refractivity contribution is 5.80. The Balaban J connectivity index is 1.88. The molecule has 0 spiro atoms. The molecule has 2 rings (SSSR count). The number of ether oxygens (including phenoxy) is 1. The molecule has 0 saturated carbocycles. The third-order valence-electron chi connectivity index (χ3n) is 3.75. The molecule has 0 bridgehead atoms. The summed E-state index contributed by atoms with van der Waals surface area (Å²) in [7, 11) is 0. The van der Waals surface area contributed by atoms with Crippen molar-refractivity contribution in [3.05, 3.63) is 64.7 Å². The van der Waals surface area contributed by atoms with Crippen LogP contribution in [0.1, 0.15) is 29.2 Å². The number of carbonyl (C=O) groups excluding carboxylic acids is 1. The Bertz CT molecular complexity index is 647. The summed E-state index contributed by atoms with van der Waals surface area (Å²) >= 11 is 0. The fourth-order valence-electron chi connectivity index (χ4n) is 2.08. The summed E-state index contributed by atoms with van der Waals surface area (Å²) in [6.07, 6.45) is -0.521. The second-order valence-corrected chi connectivity index (χ2v) is 5.71.